The highest BCUT2D eigenvalue weighted by molar-refractivity contribution is 7.11. The lowest BCUT2D eigenvalue weighted by molar-refractivity contribution is 0.684. The Kier molecular flexibility index (Phi) is 5.75. The number of hydrogen-bond acceptors (Lipinski definition) is 3. The van der Waals surface area contributed by atoms with Gasteiger partial charge in [0.15, 0.2) is 5.96 Å². The number of thiazole rings is 1. The quantitative estimate of drug-likeness (QED) is 0.659. The molecule has 112 valence electrons. The number of aliphatic imine (C=N–C) groups is 1. The zero-order chi connectivity index (χ0) is 15.1. The Morgan fingerprint density at radius 3 is 2.71 bits per heavy atom. The maximum absolute atomic E-state index is 4.37. The molecule has 0 amide bonds. The van der Waals surface area contributed by atoms with E-state index >= 15 is 0 Å². The van der Waals surface area contributed by atoms with Crippen LogP contribution in [-0.4, -0.2) is 24.5 Å². The second-order valence-electron chi connectivity index (χ2n) is 4.89. The maximum Gasteiger partial charge on any atom is 0.191 e. The summed E-state index contributed by atoms with van der Waals surface area (Å²) in [5.74, 6) is 0.819. The molecular formula is C16H22N4S. The molecule has 21 heavy (non-hydrogen) atoms. The van der Waals surface area contributed by atoms with Gasteiger partial charge < -0.3 is 10.6 Å². The summed E-state index contributed by atoms with van der Waals surface area (Å²) >= 11 is 1.75. The molecule has 1 unspecified atom stereocenters. The first kappa shape index (κ1) is 15.5. The van der Waals surface area contributed by atoms with Crippen LogP contribution in [0.2, 0.25) is 0 Å². The van der Waals surface area contributed by atoms with Crippen LogP contribution in [0, 0.1) is 6.92 Å². The van der Waals surface area contributed by atoms with Gasteiger partial charge in [0, 0.05) is 31.1 Å². The average Bonchev–Trinajstić information content (AvgIpc) is 2.92. The summed E-state index contributed by atoms with van der Waals surface area (Å²) < 4.78 is 0. The Hall–Kier alpha value is -1.88. The summed E-state index contributed by atoms with van der Waals surface area (Å²) in [6, 6.07) is 10.6. The van der Waals surface area contributed by atoms with Gasteiger partial charge in [0.05, 0.1) is 11.0 Å². The van der Waals surface area contributed by atoms with E-state index in [1.807, 2.05) is 12.3 Å². The largest absolute Gasteiger partial charge is 0.356 e. The molecule has 1 atom stereocenters. The van der Waals surface area contributed by atoms with Gasteiger partial charge in [-0.05, 0) is 19.4 Å². The third-order valence-electron chi connectivity index (χ3n) is 3.18. The van der Waals surface area contributed by atoms with E-state index in [1.54, 1.807) is 18.4 Å². The topological polar surface area (TPSA) is 49.3 Å². The highest BCUT2D eigenvalue weighted by atomic mass is 32.1. The molecule has 2 N–H and O–H groups in total. The summed E-state index contributed by atoms with van der Waals surface area (Å²) in [5.41, 5.74) is 1.25. The van der Waals surface area contributed by atoms with E-state index in [-0.39, 0.29) is 6.04 Å². The van der Waals surface area contributed by atoms with Crippen molar-refractivity contribution in [2.24, 2.45) is 4.99 Å². The van der Waals surface area contributed by atoms with Gasteiger partial charge in [0.25, 0.3) is 0 Å². The Morgan fingerprint density at radius 2 is 2.10 bits per heavy atom. The van der Waals surface area contributed by atoms with Gasteiger partial charge in [-0.3, -0.25) is 4.99 Å². The summed E-state index contributed by atoms with van der Waals surface area (Å²) in [6.45, 7) is 5.04. The number of benzene rings is 1. The normalized spacial score (nSPS) is 13.0. The zero-order valence-corrected chi connectivity index (χ0v) is 13.6. The first-order valence-corrected chi connectivity index (χ1v) is 7.94. The third-order valence-corrected chi connectivity index (χ3v) is 4.15. The van der Waals surface area contributed by atoms with Crippen LogP contribution >= 0.6 is 11.3 Å². The van der Waals surface area contributed by atoms with Crippen molar-refractivity contribution in [2.75, 3.05) is 13.6 Å². The summed E-state index contributed by atoms with van der Waals surface area (Å²) in [4.78, 5) is 9.89. The maximum atomic E-state index is 4.37. The first-order valence-electron chi connectivity index (χ1n) is 7.12. The summed E-state index contributed by atoms with van der Waals surface area (Å²) in [6.07, 6.45) is 2.84. The highest BCUT2D eigenvalue weighted by Gasteiger charge is 2.07. The van der Waals surface area contributed by atoms with Crippen molar-refractivity contribution >= 4 is 17.3 Å². The van der Waals surface area contributed by atoms with Crippen molar-refractivity contribution in [2.45, 2.75) is 26.3 Å². The molecule has 2 aromatic rings. The Bertz CT molecular complexity index is 577. The molecular weight excluding hydrogens is 280 g/mol. The molecule has 1 aromatic carbocycles. The Balaban J connectivity index is 1.81. The minimum atomic E-state index is 0.222. The molecule has 0 saturated heterocycles. The van der Waals surface area contributed by atoms with Gasteiger partial charge in [-0.25, -0.2) is 4.98 Å². The van der Waals surface area contributed by atoms with Crippen LogP contribution in [0.15, 0.2) is 41.5 Å². The summed E-state index contributed by atoms with van der Waals surface area (Å²) in [5, 5.41) is 7.89. The van der Waals surface area contributed by atoms with Crippen LogP contribution in [0.25, 0.3) is 0 Å². The van der Waals surface area contributed by atoms with Crippen LogP contribution in [0.4, 0.5) is 0 Å². The minimum absolute atomic E-state index is 0.222. The van der Waals surface area contributed by atoms with Crippen molar-refractivity contribution in [3.63, 3.8) is 0 Å². The van der Waals surface area contributed by atoms with Gasteiger partial charge >= 0.3 is 0 Å². The van der Waals surface area contributed by atoms with E-state index in [0.717, 1.165) is 23.9 Å². The van der Waals surface area contributed by atoms with Crippen LogP contribution in [0.1, 0.15) is 28.4 Å². The fourth-order valence-corrected chi connectivity index (χ4v) is 2.82. The molecule has 2 rings (SSSR count). The lowest BCUT2D eigenvalue weighted by Crippen LogP contribution is -2.39. The standard InChI is InChI=1S/C16H22N4S/c1-12-11-19-15(21-12)9-10-18-16(17-3)20-13(2)14-7-5-4-6-8-14/h4-8,11,13H,9-10H2,1-3H3,(H2,17,18,20). The van der Waals surface area contributed by atoms with Crippen LogP contribution in [0.3, 0.4) is 0 Å². The van der Waals surface area contributed by atoms with Gasteiger partial charge in [-0.2, -0.15) is 0 Å². The zero-order valence-electron chi connectivity index (χ0n) is 12.8. The van der Waals surface area contributed by atoms with E-state index < -0.39 is 0 Å². The first-order chi connectivity index (χ1) is 10.2. The minimum Gasteiger partial charge on any atom is -0.356 e. The molecule has 0 fully saturated rings. The molecule has 1 heterocycles. The summed E-state index contributed by atoms with van der Waals surface area (Å²) in [7, 11) is 1.79. The van der Waals surface area contributed by atoms with Crippen molar-refractivity contribution in [3.8, 4) is 0 Å². The molecule has 1 aromatic heterocycles. The monoisotopic (exact) mass is 302 g/mol. The van der Waals surface area contributed by atoms with E-state index in [4.69, 9.17) is 0 Å². The third kappa shape index (κ3) is 4.86. The molecule has 0 aliphatic heterocycles. The van der Waals surface area contributed by atoms with Crippen molar-refractivity contribution in [1.29, 1.82) is 0 Å². The Morgan fingerprint density at radius 1 is 1.33 bits per heavy atom. The van der Waals surface area contributed by atoms with E-state index in [2.05, 4.69) is 58.7 Å². The van der Waals surface area contributed by atoms with Gasteiger partial charge in [0.2, 0.25) is 0 Å². The number of aryl methyl sites for hydroxylation is 1. The van der Waals surface area contributed by atoms with Gasteiger partial charge in [0.1, 0.15) is 0 Å². The number of nitrogens with one attached hydrogen (secondary N) is 2. The van der Waals surface area contributed by atoms with E-state index in [1.165, 1.54) is 10.4 Å². The van der Waals surface area contributed by atoms with Gasteiger partial charge in [-0.15, -0.1) is 11.3 Å². The van der Waals surface area contributed by atoms with Crippen molar-refractivity contribution in [3.05, 3.63) is 52.0 Å². The molecule has 0 aliphatic carbocycles. The van der Waals surface area contributed by atoms with E-state index in [0.29, 0.717) is 0 Å². The smallest absolute Gasteiger partial charge is 0.191 e. The molecule has 0 radical (unpaired) electrons. The van der Waals surface area contributed by atoms with E-state index in [9.17, 15) is 0 Å². The molecule has 4 nitrogen and oxygen atoms in total. The molecule has 0 aliphatic rings. The number of guanidine groups is 1. The molecule has 5 heteroatoms. The molecule has 0 bridgehead atoms. The molecule has 0 saturated carbocycles. The average molecular weight is 302 g/mol. The SMILES string of the molecule is CN=C(NCCc1ncc(C)s1)NC(C)c1ccccc1. The predicted molar refractivity (Wildman–Crippen MR) is 89.9 cm³/mol. The lowest BCUT2D eigenvalue weighted by Gasteiger charge is -2.18. The van der Waals surface area contributed by atoms with Crippen molar-refractivity contribution < 1.29 is 0 Å². The number of nitrogens with zero attached hydrogens (tertiary/aromatic N) is 2. The fourth-order valence-electron chi connectivity index (χ4n) is 2.03. The lowest BCUT2D eigenvalue weighted by atomic mass is 10.1. The molecule has 0 spiro atoms. The fraction of sp³-hybridized carbons (Fsp3) is 0.375. The second kappa shape index (κ2) is 7.78. The number of rotatable bonds is 5. The number of hydrogen-bond donors (Lipinski definition) is 2. The second-order valence-corrected chi connectivity index (χ2v) is 6.21. The predicted octanol–water partition coefficient (Wildman–Crippen LogP) is 2.92. The van der Waals surface area contributed by atoms with Crippen LogP contribution in [-0.2, 0) is 6.42 Å². The number of aromatic nitrogens is 1. The van der Waals surface area contributed by atoms with Gasteiger partial charge in [-0.1, -0.05) is 30.3 Å². The van der Waals surface area contributed by atoms with Crippen molar-refractivity contribution in [1.82, 2.24) is 15.6 Å². The van der Waals surface area contributed by atoms with Crippen LogP contribution < -0.4 is 10.6 Å². The van der Waals surface area contributed by atoms with Crippen LogP contribution in [0.5, 0.6) is 0 Å². The Labute approximate surface area is 130 Å². The highest BCUT2D eigenvalue weighted by Crippen LogP contribution is 2.12.